The first kappa shape index (κ1) is 82.8. The van der Waals surface area contributed by atoms with Crippen molar-refractivity contribution in [3.63, 3.8) is 0 Å². The molecule has 0 aliphatic heterocycles. The van der Waals surface area contributed by atoms with Gasteiger partial charge in [-0.05, 0) is 78.7 Å². The SMILES string of the molecule is CSCC[C@H](NC(=O)[C@H](Cc1ccc(O)cc1)NC(=O)[C@H](CS)NC(=O)[C@H](Cc1c[nH]cn1)NC(=O)[C@H](CCC(=O)O)NC(=O)CNC(=O)CNC(=O)CN)C(=O)N[C@@H](CS)C(=O)N[C@@H](CO)C(=O)N[C@@H](CC(=O)O)C(=O)N[C@H](CCSC)C(=O)N[C@@H](Cc1ccc(O)cc1)C(=O)O. The van der Waals surface area contributed by atoms with Crippen LogP contribution in [0.2, 0.25) is 0 Å². The number of thioether (sulfide) groups is 2. The van der Waals surface area contributed by atoms with E-state index in [-0.39, 0.29) is 60.8 Å². The Kier molecular flexibility index (Phi) is 37.0. The molecule has 1 aromatic heterocycles. The maximum Gasteiger partial charge on any atom is 0.326 e. The lowest BCUT2D eigenvalue weighted by Gasteiger charge is -2.27. The number of carboxylic acid groups (broad SMARTS) is 3. The fraction of sp³-hybridized carbons (Fsp3) is 0.483. The summed E-state index contributed by atoms with van der Waals surface area (Å²) in [6.45, 7) is -2.87. The number of nitrogens with zero attached hydrogens (tertiary/aromatic N) is 1. The minimum Gasteiger partial charge on any atom is -0.508 e. The molecule has 0 fully saturated rings. The summed E-state index contributed by atoms with van der Waals surface area (Å²) in [5.41, 5.74) is 6.17. The Balaban J connectivity index is 1.83. The van der Waals surface area contributed by atoms with Crippen molar-refractivity contribution in [2.24, 2.45) is 5.73 Å². The minimum atomic E-state index is -1.97. The van der Waals surface area contributed by atoms with Crippen LogP contribution in [-0.4, -0.2) is 252 Å². The quantitative estimate of drug-likeness (QED) is 0.0234. The highest BCUT2D eigenvalue weighted by molar-refractivity contribution is 7.98. The van der Waals surface area contributed by atoms with Crippen molar-refractivity contribution in [3.8, 4) is 11.5 Å². The Morgan fingerprint density at radius 2 is 0.847 bits per heavy atom. The number of phenolic OH excluding ortho intramolecular Hbond substituents is 2. The number of nitrogens with two attached hydrogens (primary N) is 1. The number of phenols is 2. The first-order valence-electron chi connectivity index (χ1n) is 29.8. The molecule has 2 aromatic carbocycles. The molecule has 10 atom stereocenters. The Morgan fingerprint density at radius 1 is 0.469 bits per heavy atom. The van der Waals surface area contributed by atoms with Crippen LogP contribution in [0.1, 0.15) is 48.9 Å². The van der Waals surface area contributed by atoms with E-state index in [0.29, 0.717) is 11.1 Å². The molecule has 0 unspecified atom stereocenters. The Bertz CT molecular complexity index is 3230. The molecule has 40 heteroatoms. The van der Waals surface area contributed by atoms with E-state index < -0.39 is 206 Å². The third kappa shape index (κ3) is 30.4. The van der Waals surface area contributed by atoms with Gasteiger partial charge in [-0.25, -0.2) is 9.78 Å². The van der Waals surface area contributed by atoms with E-state index in [4.69, 9.17) is 5.73 Å². The number of hydrogen-bond donors (Lipinski definition) is 22. The van der Waals surface area contributed by atoms with Gasteiger partial charge in [0.1, 0.15) is 71.9 Å². The zero-order valence-corrected chi connectivity index (χ0v) is 56.3. The number of carbonyl (C=O) groups is 15. The van der Waals surface area contributed by atoms with Crippen LogP contribution in [0.5, 0.6) is 11.5 Å². The van der Waals surface area contributed by atoms with Gasteiger partial charge >= 0.3 is 17.9 Å². The highest BCUT2D eigenvalue weighted by atomic mass is 32.2. The van der Waals surface area contributed by atoms with E-state index in [1.807, 2.05) is 0 Å². The summed E-state index contributed by atoms with van der Waals surface area (Å²) >= 11 is 10.9. The van der Waals surface area contributed by atoms with Gasteiger partial charge in [0.2, 0.25) is 70.9 Å². The number of rotatable bonds is 45. The number of aliphatic hydroxyl groups excluding tert-OH is 1. The number of benzene rings is 2. The molecule has 0 aliphatic rings. The minimum absolute atomic E-state index is 0.0950. The number of aliphatic hydroxyl groups is 1. The predicted molar refractivity (Wildman–Crippen MR) is 358 cm³/mol. The molecular weight excluding hydrogens is 1370 g/mol. The van der Waals surface area contributed by atoms with Crippen molar-refractivity contribution in [2.45, 2.75) is 112 Å². The summed E-state index contributed by atoms with van der Waals surface area (Å²) in [7, 11) is 0. The smallest absolute Gasteiger partial charge is 0.326 e. The lowest BCUT2D eigenvalue weighted by atomic mass is 10.0. The molecule has 0 saturated carbocycles. The number of amides is 12. The lowest BCUT2D eigenvalue weighted by Crippen LogP contribution is -2.62. The number of thiol groups is 2. The Hall–Kier alpha value is -9.38. The molecular formula is C58H81N15O21S4. The molecule has 0 saturated heterocycles. The van der Waals surface area contributed by atoms with E-state index in [1.165, 1.54) is 84.6 Å². The molecule has 1 heterocycles. The molecule has 0 bridgehead atoms. The molecule has 98 heavy (non-hydrogen) atoms. The van der Waals surface area contributed by atoms with Crippen LogP contribution in [0.4, 0.5) is 0 Å². The average Bonchev–Trinajstić information content (AvgIpc) is 0.909. The van der Waals surface area contributed by atoms with Gasteiger partial charge in [0, 0.05) is 43.4 Å². The van der Waals surface area contributed by atoms with Crippen molar-refractivity contribution in [1.82, 2.24) is 73.8 Å². The van der Waals surface area contributed by atoms with E-state index in [2.05, 4.69) is 99.0 Å². The molecule has 538 valence electrons. The topological polar surface area (TPSA) is 576 Å². The maximum atomic E-state index is 14.5. The second-order valence-corrected chi connectivity index (χ2v) is 24.1. The van der Waals surface area contributed by atoms with Crippen LogP contribution < -0.4 is 69.5 Å². The molecule has 12 amide bonds. The summed E-state index contributed by atoms with van der Waals surface area (Å²) in [4.78, 5) is 205. The molecule has 36 nitrogen and oxygen atoms in total. The van der Waals surface area contributed by atoms with Gasteiger partial charge in [-0.2, -0.15) is 48.8 Å². The van der Waals surface area contributed by atoms with Gasteiger partial charge in [-0.3, -0.25) is 67.1 Å². The number of aromatic hydroxyl groups is 2. The van der Waals surface area contributed by atoms with Gasteiger partial charge in [-0.15, -0.1) is 0 Å². The number of aliphatic carboxylic acids is 3. The number of hydrogen-bond acceptors (Lipinski definition) is 24. The second kappa shape index (κ2) is 43.7. The van der Waals surface area contributed by atoms with Crippen molar-refractivity contribution >= 4 is 138 Å². The van der Waals surface area contributed by atoms with Crippen LogP contribution in [0, 0.1) is 0 Å². The lowest BCUT2D eigenvalue weighted by molar-refractivity contribution is -0.143. The van der Waals surface area contributed by atoms with Crippen molar-refractivity contribution in [1.29, 1.82) is 0 Å². The molecule has 3 aromatic rings. The zero-order chi connectivity index (χ0) is 73.0. The van der Waals surface area contributed by atoms with Gasteiger partial charge in [0.05, 0.1) is 44.7 Å². The largest absolute Gasteiger partial charge is 0.508 e. The van der Waals surface area contributed by atoms with Gasteiger partial charge in [-0.1, -0.05) is 24.3 Å². The summed E-state index contributed by atoms with van der Waals surface area (Å²) < 4.78 is 0. The number of aromatic amines is 1. The third-order valence-electron chi connectivity index (χ3n) is 13.9. The average molecular weight is 1450 g/mol. The van der Waals surface area contributed by atoms with E-state index >= 15 is 0 Å². The number of nitrogens with one attached hydrogen (secondary N) is 13. The van der Waals surface area contributed by atoms with Crippen LogP contribution in [0.25, 0.3) is 0 Å². The van der Waals surface area contributed by atoms with Gasteiger partial charge < -0.3 is 105 Å². The monoisotopic (exact) mass is 1450 g/mol. The van der Waals surface area contributed by atoms with Crippen molar-refractivity contribution < 1.29 is 103 Å². The van der Waals surface area contributed by atoms with Crippen molar-refractivity contribution in [3.05, 3.63) is 77.9 Å². The number of H-pyrrole nitrogens is 1. The highest BCUT2D eigenvalue weighted by Crippen LogP contribution is 2.15. The molecule has 0 aliphatic carbocycles. The predicted octanol–water partition coefficient (Wildman–Crippen LogP) is -6.33. The fourth-order valence-corrected chi connectivity index (χ4v) is 10.1. The molecule has 0 radical (unpaired) electrons. The van der Waals surface area contributed by atoms with E-state index in [1.54, 1.807) is 12.5 Å². The first-order chi connectivity index (χ1) is 46.5. The Morgan fingerprint density at radius 3 is 1.28 bits per heavy atom. The van der Waals surface area contributed by atoms with Crippen molar-refractivity contribution in [2.75, 3.05) is 61.8 Å². The number of carboxylic acids is 3. The summed E-state index contributed by atoms with van der Waals surface area (Å²) in [6, 6.07) is -5.65. The number of imidazole rings is 1. The molecule has 3 rings (SSSR count). The van der Waals surface area contributed by atoms with E-state index in [9.17, 15) is 103 Å². The van der Waals surface area contributed by atoms with Crippen LogP contribution in [0.15, 0.2) is 61.1 Å². The van der Waals surface area contributed by atoms with Gasteiger partial charge in [0.25, 0.3) is 0 Å². The Labute approximate surface area is 579 Å². The first-order valence-corrected chi connectivity index (χ1v) is 33.9. The summed E-state index contributed by atoms with van der Waals surface area (Å²) in [5, 5.41) is 87.1. The normalized spacial score (nSPS) is 13.9. The standard InChI is InChI=1S/C58H81N15O21S4/c1-97-15-13-35(50(85)70-40(58(93)94)18-30-5-9-33(76)10-6-30)66-54(89)39(20-48(82)83)69-55(90)41(25-74)71-57(92)43(27-96)72-51(86)36(14-16-98-2)65-52(87)37(17-29-3-7-32(75)8-4-29)67-56(91)42(26-95)73-53(88)38(19-31-22-60-28-63-31)68-49(84)34(11-12-47(80)81)64-46(79)24-62-45(78)23-61-44(77)21-59/h3-10,22,28,34-43,74-76,95-96H,11-21,23-27,59H2,1-2H3,(H,60,63)(H,61,77)(H,62,78)(H,64,79)(H,65,87)(H,66,89)(H,67,91)(H,68,84)(H,69,90)(H,70,85)(H,71,92)(H,72,86)(H,73,88)(H,80,81)(H,82,83)(H,93,94)/t34-,35+,36-,37-,38-,39-,40-,41-,42-,43-/m0/s1. The summed E-state index contributed by atoms with van der Waals surface area (Å²) in [5.74, 6) is -17.6. The zero-order valence-electron chi connectivity index (χ0n) is 52.9. The molecule has 0 spiro atoms. The maximum absolute atomic E-state index is 14.5. The number of aromatic nitrogens is 2. The van der Waals surface area contributed by atoms with Crippen LogP contribution in [-0.2, 0) is 91.2 Å². The van der Waals surface area contributed by atoms with Gasteiger partial charge in [0.15, 0.2) is 0 Å². The third-order valence-corrected chi connectivity index (χ3v) is 15.9. The second-order valence-electron chi connectivity index (χ2n) is 21.4. The van der Waals surface area contributed by atoms with Crippen LogP contribution in [0.3, 0.4) is 0 Å². The highest BCUT2D eigenvalue weighted by Gasteiger charge is 2.37. The van der Waals surface area contributed by atoms with Crippen LogP contribution >= 0.6 is 48.8 Å². The van der Waals surface area contributed by atoms with E-state index in [0.717, 1.165) is 0 Å². The number of carbonyl (C=O) groups excluding carboxylic acids is 12. The summed E-state index contributed by atoms with van der Waals surface area (Å²) in [6.07, 6.45) is 2.53. The fourth-order valence-electron chi connectivity index (χ4n) is 8.67. The molecule has 21 N–H and O–H groups in total.